The molecule has 0 amide bonds. The van der Waals surface area contributed by atoms with Crippen LogP contribution in [-0.2, 0) is 19.6 Å². The van der Waals surface area contributed by atoms with Crippen molar-refractivity contribution in [3.8, 4) is 0 Å². The summed E-state index contributed by atoms with van der Waals surface area (Å²) in [4.78, 5) is 0. The van der Waals surface area contributed by atoms with Crippen molar-refractivity contribution in [2.75, 3.05) is 0 Å². The van der Waals surface area contributed by atoms with Crippen molar-refractivity contribution in [2.24, 2.45) is 0 Å². The molecule has 1 rings (SSSR count). The fourth-order valence-corrected chi connectivity index (χ4v) is 0.849. The minimum atomic E-state index is -0.250. The first-order valence-corrected chi connectivity index (χ1v) is 17.7. The summed E-state index contributed by atoms with van der Waals surface area (Å²) in [6.45, 7) is 3.78. The van der Waals surface area contributed by atoms with Crippen molar-refractivity contribution in [1.29, 1.82) is 0 Å². The molecule has 0 saturated heterocycles. The summed E-state index contributed by atoms with van der Waals surface area (Å²) in [6, 6.07) is 10.4. The van der Waals surface area contributed by atoms with E-state index in [4.69, 9.17) is 0 Å². The quantitative estimate of drug-likeness (QED) is 0.708. The molecule has 0 aliphatic heterocycles. The van der Waals surface area contributed by atoms with Gasteiger partial charge in [-0.15, -0.1) is 0 Å². The summed E-state index contributed by atoms with van der Waals surface area (Å²) in [5.41, 5.74) is 1.38. The Hall–Kier alpha value is 0.803. The second kappa shape index (κ2) is 9.89. The molecule has 0 N–H and O–H groups in total. The van der Waals surface area contributed by atoms with E-state index in [0.717, 1.165) is 12.8 Å². The number of hydrogen-bond acceptors (Lipinski definition) is 0. The average Bonchev–Trinajstić information content (AvgIpc) is 2.08. The predicted octanol–water partition coefficient (Wildman–Crippen LogP) is 4.14. The molecule has 0 saturated carbocycles. The van der Waals surface area contributed by atoms with E-state index in [1.165, 1.54) is 5.56 Å². The first kappa shape index (κ1) is 12.8. The molecule has 0 heterocycles. The third kappa shape index (κ3) is 7.45. The normalized spacial score (nSPS) is 7.92. The Morgan fingerprint density at radius 2 is 1.67 bits per heavy atom. The van der Waals surface area contributed by atoms with Crippen LogP contribution in [-0.4, -0.2) is 0 Å². The molecular weight excluding hydrogens is 333 g/mol. The van der Waals surface area contributed by atoms with Crippen LogP contribution >= 0.6 is 27.2 Å². The van der Waals surface area contributed by atoms with Crippen molar-refractivity contribution in [2.45, 2.75) is 12.8 Å². The van der Waals surface area contributed by atoms with Crippen molar-refractivity contribution < 1.29 is 13.2 Å². The van der Waals surface area contributed by atoms with E-state index in [9.17, 15) is 0 Å². The predicted molar refractivity (Wildman–Crippen MR) is 58.0 cm³/mol. The molecule has 0 fully saturated rings. The maximum Gasteiger partial charge on any atom is -0.0279 e. The van der Waals surface area contributed by atoms with Gasteiger partial charge >= 0.3 is 40.5 Å². The van der Waals surface area contributed by atoms with E-state index in [1.54, 1.807) is 0 Å². The maximum atomic E-state index is 3.78. The Morgan fingerprint density at radius 1 is 1.17 bits per heavy atom. The van der Waals surface area contributed by atoms with Gasteiger partial charge in [0, 0.05) is 0 Å². The molecule has 12 heavy (non-hydrogen) atoms. The largest absolute Gasteiger partial charge is 0.0622 e. The smallest absolute Gasteiger partial charge is 0.0279 e. The van der Waals surface area contributed by atoms with Crippen LogP contribution in [0.1, 0.15) is 12.0 Å². The Balaban J connectivity index is 0.000000354. The minimum Gasteiger partial charge on any atom is -0.0622 e. The number of benzene rings is 1. The Kier molecular flexibility index (Phi) is 10.6. The third-order valence-corrected chi connectivity index (χ3v) is 1.31. The second-order valence-corrected chi connectivity index (χ2v) is 16.3. The van der Waals surface area contributed by atoms with Gasteiger partial charge in [0.25, 0.3) is 0 Å². The molecule has 0 unspecified atom stereocenters. The standard InChI is InChI=1S/C9H11.2BrH.Zn/c1-2-6-9-7-4-3-5-8-9;;;/h3-5,7-8H,1-2,6H2;2*1H;/q;;;+2/p-2. The van der Waals surface area contributed by atoms with Crippen molar-refractivity contribution >= 4 is 27.2 Å². The Labute approximate surface area is 95.4 Å². The van der Waals surface area contributed by atoms with Gasteiger partial charge in [-0.25, -0.2) is 0 Å². The minimum absolute atomic E-state index is 0.250. The van der Waals surface area contributed by atoms with Crippen LogP contribution in [0.3, 0.4) is 0 Å². The van der Waals surface area contributed by atoms with Crippen LogP contribution in [0.15, 0.2) is 30.3 Å². The average molecular weight is 344 g/mol. The van der Waals surface area contributed by atoms with Crippen molar-refractivity contribution in [3.63, 3.8) is 0 Å². The van der Waals surface area contributed by atoms with Gasteiger partial charge < -0.3 is 0 Å². The van der Waals surface area contributed by atoms with E-state index in [1.807, 2.05) is 6.07 Å². The number of hydrogen-bond donors (Lipinski definition) is 0. The fraction of sp³-hybridized carbons (Fsp3) is 0.222. The van der Waals surface area contributed by atoms with Crippen LogP contribution < -0.4 is 0 Å². The molecule has 1 aromatic carbocycles. The maximum absolute atomic E-state index is 3.78. The molecule has 63 valence electrons. The van der Waals surface area contributed by atoms with Gasteiger partial charge in [0.05, 0.1) is 0 Å². The number of halogens is 2. The fourth-order valence-electron chi connectivity index (χ4n) is 0.849. The van der Waals surface area contributed by atoms with Gasteiger partial charge in [-0.2, -0.15) is 0 Å². The topological polar surface area (TPSA) is 0 Å². The monoisotopic (exact) mass is 341 g/mol. The van der Waals surface area contributed by atoms with Crippen molar-refractivity contribution in [3.05, 3.63) is 42.8 Å². The molecular formula is C9H11Br2Zn. The summed E-state index contributed by atoms with van der Waals surface area (Å²) in [7, 11) is 0. The molecule has 0 bridgehead atoms. The van der Waals surface area contributed by atoms with Crippen molar-refractivity contribution in [1.82, 2.24) is 0 Å². The summed E-state index contributed by atoms with van der Waals surface area (Å²) in [6.07, 6.45) is 2.09. The van der Waals surface area contributed by atoms with Crippen LogP contribution in [0.2, 0.25) is 0 Å². The number of aryl methyl sites for hydroxylation is 1. The van der Waals surface area contributed by atoms with Gasteiger partial charge in [-0.05, 0) is 18.4 Å². The Bertz CT molecular complexity index is 177. The molecule has 0 atom stereocenters. The van der Waals surface area contributed by atoms with E-state index < -0.39 is 0 Å². The van der Waals surface area contributed by atoms with Crippen LogP contribution in [0.25, 0.3) is 0 Å². The van der Waals surface area contributed by atoms with E-state index >= 15 is 0 Å². The van der Waals surface area contributed by atoms with Crippen LogP contribution in [0.4, 0.5) is 0 Å². The molecule has 1 aromatic rings. The molecule has 1 radical (unpaired) electrons. The number of rotatable bonds is 2. The Morgan fingerprint density at radius 3 is 2.08 bits per heavy atom. The molecule has 0 spiro atoms. The van der Waals surface area contributed by atoms with Crippen LogP contribution in [0, 0.1) is 6.92 Å². The van der Waals surface area contributed by atoms with Gasteiger partial charge in [0.15, 0.2) is 0 Å². The zero-order valence-corrected chi connectivity index (χ0v) is 13.1. The first-order chi connectivity index (χ1) is 5.85. The zero-order valence-electron chi connectivity index (χ0n) is 6.97. The van der Waals surface area contributed by atoms with E-state index in [-0.39, 0.29) is 13.2 Å². The van der Waals surface area contributed by atoms with Gasteiger partial charge in [0.2, 0.25) is 0 Å². The SMILES string of the molecule is [Br][Zn][Br].[CH2]CCc1ccccc1. The summed E-state index contributed by atoms with van der Waals surface area (Å²) < 4.78 is 0. The summed E-state index contributed by atoms with van der Waals surface area (Å²) in [5.74, 6) is 0. The second-order valence-electron chi connectivity index (χ2n) is 2.19. The van der Waals surface area contributed by atoms with E-state index in [0.29, 0.717) is 0 Å². The molecule has 0 aromatic heterocycles. The first-order valence-electron chi connectivity index (χ1n) is 3.80. The summed E-state index contributed by atoms with van der Waals surface area (Å²) >= 11 is 6.25. The van der Waals surface area contributed by atoms with Gasteiger partial charge in [-0.1, -0.05) is 37.3 Å². The molecule has 0 nitrogen and oxygen atoms in total. The summed E-state index contributed by atoms with van der Waals surface area (Å²) in [5, 5.41) is 0. The third-order valence-electron chi connectivity index (χ3n) is 1.31. The molecule has 0 aliphatic rings. The molecule has 0 aliphatic carbocycles. The van der Waals surface area contributed by atoms with E-state index in [2.05, 4.69) is 58.4 Å². The van der Waals surface area contributed by atoms with Gasteiger partial charge in [-0.3, -0.25) is 0 Å². The molecule has 3 heteroatoms. The van der Waals surface area contributed by atoms with Gasteiger partial charge in [0.1, 0.15) is 0 Å². The zero-order chi connectivity index (χ0) is 9.23. The van der Waals surface area contributed by atoms with Crippen LogP contribution in [0.5, 0.6) is 0 Å².